The Bertz CT molecular complexity index is 1470. The number of nitrogens with two attached hydrogens (primary N) is 2. The summed E-state index contributed by atoms with van der Waals surface area (Å²) in [5.41, 5.74) is 14.6. The van der Waals surface area contributed by atoms with Crippen LogP contribution in [0.1, 0.15) is 32.0 Å². The van der Waals surface area contributed by atoms with Gasteiger partial charge >= 0.3 is 5.82 Å². The molecule has 0 atom stereocenters. The molecule has 33 heavy (non-hydrogen) atoms. The van der Waals surface area contributed by atoms with Crippen molar-refractivity contribution in [2.45, 2.75) is 38.0 Å². The minimum absolute atomic E-state index is 0.0887. The number of fused-ring (bicyclic) bond motifs is 1. The molecule has 0 fully saturated rings. The number of anilines is 3. The highest BCUT2D eigenvalue weighted by molar-refractivity contribution is 7.92. The minimum Gasteiger partial charge on any atom is -0.395 e. The van der Waals surface area contributed by atoms with Crippen LogP contribution in [0.25, 0.3) is 16.6 Å². The van der Waals surface area contributed by atoms with Gasteiger partial charge in [-0.2, -0.15) is 5.10 Å². The summed E-state index contributed by atoms with van der Waals surface area (Å²) in [6, 6.07) is 15.0. The standard InChI is InChI=1S/C23H26N6O3S/c1-14-13-21(27-33(31,32)16-7-5-15(6-8-16)23(2,3)4)28(26-14)19-11-10-18(24)22-17(19)9-12-20(25)29(22)30/h5-13,25,30H,24H2,1-4H3,(H,26,27)/p+1. The van der Waals surface area contributed by atoms with Crippen molar-refractivity contribution >= 4 is 38.2 Å². The molecule has 0 unspecified atom stereocenters. The highest BCUT2D eigenvalue weighted by Crippen LogP contribution is 2.29. The van der Waals surface area contributed by atoms with Crippen molar-refractivity contribution in [1.82, 2.24) is 9.78 Å². The zero-order valence-electron chi connectivity index (χ0n) is 18.9. The van der Waals surface area contributed by atoms with Crippen molar-refractivity contribution < 1.29 is 18.4 Å². The van der Waals surface area contributed by atoms with E-state index >= 15 is 0 Å². The van der Waals surface area contributed by atoms with E-state index in [0.29, 0.717) is 28.0 Å². The normalized spacial score (nSPS) is 12.2. The Morgan fingerprint density at radius 1 is 1.03 bits per heavy atom. The van der Waals surface area contributed by atoms with E-state index in [-0.39, 0.29) is 21.9 Å². The molecule has 0 aliphatic rings. The molecule has 172 valence electrons. The largest absolute Gasteiger partial charge is 0.395 e. The molecule has 2 aromatic carbocycles. The first-order chi connectivity index (χ1) is 15.4. The maximum Gasteiger partial charge on any atom is 0.312 e. The smallest absolute Gasteiger partial charge is 0.312 e. The lowest BCUT2D eigenvalue weighted by molar-refractivity contribution is -0.872. The predicted molar refractivity (Wildman–Crippen MR) is 128 cm³/mol. The number of rotatable bonds is 4. The van der Waals surface area contributed by atoms with Crippen LogP contribution >= 0.6 is 0 Å². The predicted octanol–water partition coefficient (Wildman–Crippen LogP) is 3.12. The van der Waals surface area contributed by atoms with E-state index < -0.39 is 10.0 Å². The van der Waals surface area contributed by atoms with Gasteiger partial charge in [-0.05, 0) is 53.0 Å². The lowest BCUT2D eigenvalue weighted by Gasteiger charge is -2.19. The topological polar surface area (TPSA) is 140 Å². The molecule has 4 rings (SSSR count). The van der Waals surface area contributed by atoms with Gasteiger partial charge in [0.25, 0.3) is 10.0 Å². The third kappa shape index (κ3) is 4.05. The number of hydrogen-bond donors (Lipinski definition) is 4. The second-order valence-corrected chi connectivity index (χ2v) is 10.7. The van der Waals surface area contributed by atoms with Crippen molar-refractivity contribution in [2.24, 2.45) is 0 Å². The van der Waals surface area contributed by atoms with Crippen LogP contribution < -0.4 is 20.9 Å². The molecule has 10 heteroatoms. The molecule has 2 aromatic heterocycles. The second-order valence-electron chi connectivity index (χ2n) is 8.97. The van der Waals surface area contributed by atoms with E-state index in [2.05, 4.69) is 30.6 Å². The molecule has 4 aromatic rings. The summed E-state index contributed by atoms with van der Waals surface area (Å²) in [6.45, 7) is 7.96. The van der Waals surface area contributed by atoms with Gasteiger partial charge in [0.05, 0.1) is 27.4 Å². The summed E-state index contributed by atoms with van der Waals surface area (Å²) in [5.74, 6) is 0.363. The fraction of sp³-hybridized carbons (Fsp3) is 0.217. The number of nitrogen functional groups attached to an aromatic ring is 2. The van der Waals surface area contributed by atoms with E-state index in [4.69, 9.17) is 11.5 Å². The van der Waals surface area contributed by atoms with Crippen LogP contribution in [-0.4, -0.2) is 23.4 Å². The van der Waals surface area contributed by atoms with Crippen LogP contribution in [0.4, 0.5) is 17.3 Å². The molecule has 0 radical (unpaired) electrons. The van der Waals surface area contributed by atoms with E-state index in [9.17, 15) is 13.6 Å². The maximum atomic E-state index is 13.1. The minimum atomic E-state index is -3.88. The number of aromatic nitrogens is 3. The van der Waals surface area contributed by atoms with Gasteiger partial charge in [0, 0.05) is 12.1 Å². The molecule has 0 aliphatic carbocycles. The third-order valence-electron chi connectivity index (χ3n) is 5.43. The Morgan fingerprint density at radius 2 is 1.70 bits per heavy atom. The summed E-state index contributed by atoms with van der Waals surface area (Å²) >= 11 is 0. The van der Waals surface area contributed by atoms with Crippen LogP contribution in [-0.2, 0) is 15.4 Å². The van der Waals surface area contributed by atoms with E-state index in [0.717, 1.165) is 10.3 Å². The first-order valence-electron chi connectivity index (χ1n) is 10.3. The zero-order chi connectivity index (χ0) is 24.1. The Kier molecular flexibility index (Phi) is 5.20. The third-order valence-corrected chi connectivity index (χ3v) is 6.80. The number of nitrogens with zero attached hydrogens (tertiary/aromatic N) is 3. The van der Waals surface area contributed by atoms with Gasteiger partial charge < -0.3 is 10.9 Å². The van der Waals surface area contributed by atoms with Gasteiger partial charge in [-0.3, -0.25) is 10.5 Å². The average Bonchev–Trinajstić information content (AvgIpc) is 3.09. The second kappa shape index (κ2) is 7.66. The number of benzene rings is 2. The van der Waals surface area contributed by atoms with Crippen molar-refractivity contribution in [3.63, 3.8) is 0 Å². The van der Waals surface area contributed by atoms with Crippen molar-refractivity contribution in [1.29, 1.82) is 0 Å². The summed E-state index contributed by atoms with van der Waals surface area (Å²) in [4.78, 5) is 0.143. The van der Waals surface area contributed by atoms with Crippen molar-refractivity contribution in [3.8, 4) is 5.69 Å². The number of sulfonamides is 1. The van der Waals surface area contributed by atoms with Gasteiger partial charge in [-0.25, -0.2) is 13.1 Å². The first kappa shape index (κ1) is 22.4. The zero-order valence-corrected chi connectivity index (χ0v) is 19.7. The maximum absolute atomic E-state index is 13.1. The number of pyridine rings is 1. The summed E-state index contributed by atoms with van der Waals surface area (Å²) in [5, 5.41) is 15.4. The fourth-order valence-electron chi connectivity index (χ4n) is 3.65. The first-order valence-corrected chi connectivity index (χ1v) is 11.8. The molecule has 0 saturated carbocycles. The molecule has 0 bridgehead atoms. The Morgan fingerprint density at radius 3 is 2.33 bits per heavy atom. The van der Waals surface area contributed by atoms with Crippen LogP contribution in [0.15, 0.2) is 59.5 Å². The highest BCUT2D eigenvalue weighted by atomic mass is 32.2. The molecule has 0 saturated heterocycles. The lowest BCUT2D eigenvalue weighted by Crippen LogP contribution is -2.35. The van der Waals surface area contributed by atoms with Gasteiger partial charge in [0.2, 0.25) is 5.52 Å². The quantitative estimate of drug-likeness (QED) is 0.206. The van der Waals surface area contributed by atoms with Crippen LogP contribution in [0.2, 0.25) is 0 Å². The number of aryl methyl sites for hydroxylation is 1. The molecule has 0 aliphatic heterocycles. The SMILES string of the molecule is Cc1cc(NS(=O)(=O)c2ccc(C(C)(C)C)cc2)n(-c2ccc(N)c3c2ccc(N)[n+]3O)n1. The summed E-state index contributed by atoms with van der Waals surface area (Å²) in [7, 11) is -3.88. The van der Waals surface area contributed by atoms with Gasteiger partial charge in [0.1, 0.15) is 5.82 Å². The molecule has 9 nitrogen and oxygen atoms in total. The van der Waals surface area contributed by atoms with Crippen LogP contribution in [0, 0.1) is 6.92 Å². The lowest BCUT2D eigenvalue weighted by atomic mass is 9.87. The van der Waals surface area contributed by atoms with Crippen LogP contribution in [0.3, 0.4) is 0 Å². The average molecular weight is 468 g/mol. The van der Waals surface area contributed by atoms with E-state index in [1.807, 2.05) is 12.1 Å². The molecule has 0 amide bonds. The highest BCUT2D eigenvalue weighted by Gasteiger charge is 2.22. The molecule has 6 N–H and O–H groups in total. The molecular weight excluding hydrogens is 440 g/mol. The fourth-order valence-corrected chi connectivity index (χ4v) is 4.69. The molecular formula is C23H27N6O3S+. The Labute approximate surface area is 192 Å². The summed E-state index contributed by atoms with van der Waals surface area (Å²) in [6.07, 6.45) is 0. The summed E-state index contributed by atoms with van der Waals surface area (Å²) < 4.78 is 31.2. The number of hydrogen-bond acceptors (Lipinski definition) is 6. The van der Waals surface area contributed by atoms with Gasteiger partial charge in [-0.1, -0.05) is 32.9 Å². The van der Waals surface area contributed by atoms with Gasteiger partial charge in [0.15, 0.2) is 0 Å². The van der Waals surface area contributed by atoms with E-state index in [1.54, 1.807) is 43.3 Å². The van der Waals surface area contributed by atoms with E-state index in [1.165, 1.54) is 10.7 Å². The van der Waals surface area contributed by atoms with Crippen molar-refractivity contribution in [2.75, 3.05) is 16.2 Å². The Hall–Kier alpha value is -3.79. The Balaban J connectivity index is 1.80. The van der Waals surface area contributed by atoms with Crippen LogP contribution in [0.5, 0.6) is 0 Å². The van der Waals surface area contributed by atoms with Gasteiger partial charge in [-0.15, -0.1) is 0 Å². The van der Waals surface area contributed by atoms with Crippen molar-refractivity contribution in [3.05, 3.63) is 65.9 Å². The number of nitrogens with one attached hydrogen (secondary N) is 1. The molecule has 0 spiro atoms. The monoisotopic (exact) mass is 467 g/mol. The molecule has 2 heterocycles.